The van der Waals surface area contributed by atoms with Gasteiger partial charge in [0.15, 0.2) is 0 Å². The molecule has 0 aromatic heterocycles. The zero-order valence-electron chi connectivity index (χ0n) is 10.9. The third-order valence-electron chi connectivity index (χ3n) is 2.73. The third kappa shape index (κ3) is 3.44. The normalized spacial score (nSPS) is 12.6. The average molecular weight is 219 g/mol. The van der Waals surface area contributed by atoms with Gasteiger partial charge in [-0.15, -0.1) is 4.91 Å². The minimum Gasteiger partial charge on any atom is -0.145 e. The van der Waals surface area contributed by atoms with Gasteiger partial charge in [0.05, 0.1) is 0 Å². The summed E-state index contributed by atoms with van der Waals surface area (Å²) >= 11 is 0. The summed E-state index contributed by atoms with van der Waals surface area (Å²) in [6, 6.07) is 7.57. The maximum atomic E-state index is 10.3. The van der Waals surface area contributed by atoms with E-state index in [1.807, 2.05) is 12.1 Å². The summed E-state index contributed by atoms with van der Waals surface area (Å²) in [7, 11) is 0. The average Bonchev–Trinajstić information content (AvgIpc) is 2.14. The first-order chi connectivity index (χ1) is 7.24. The highest BCUT2D eigenvalue weighted by Crippen LogP contribution is 2.36. The van der Waals surface area contributed by atoms with Crippen molar-refractivity contribution in [3.8, 4) is 0 Å². The molecule has 0 saturated heterocycles. The van der Waals surface area contributed by atoms with E-state index in [4.69, 9.17) is 0 Å². The second-order valence-corrected chi connectivity index (χ2v) is 6.26. The van der Waals surface area contributed by atoms with Gasteiger partial charge < -0.3 is 0 Å². The van der Waals surface area contributed by atoms with Crippen molar-refractivity contribution in [1.82, 2.24) is 0 Å². The molecule has 0 radical (unpaired) electrons. The second kappa shape index (κ2) is 4.36. The zero-order valence-corrected chi connectivity index (χ0v) is 10.9. The second-order valence-electron chi connectivity index (χ2n) is 6.26. The van der Waals surface area contributed by atoms with E-state index in [9.17, 15) is 4.91 Å². The molecule has 2 heteroatoms. The molecule has 0 heterocycles. The van der Waals surface area contributed by atoms with Crippen LogP contribution in [0, 0.1) is 10.3 Å². The van der Waals surface area contributed by atoms with Crippen LogP contribution < -0.4 is 0 Å². The molecule has 0 unspecified atom stereocenters. The van der Waals surface area contributed by atoms with Gasteiger partial charge in [0.1, 0.15) is 5.69 Å². The van der Waals surface area contributed by atoms with Crippen LogP contribution in [0.2, 0.25) is 0 Å². The Balaban J connectivity index is 2.93. The fourth-order valence-corrected chi connectivity index (χ4v) is 2.40. The van der Waals surface area contributed by atoms with E-state index in [0.29, 0.717) is 11.1 Å². The molecule has 1 aromatic carbocycles. The molecular formula is C14H21NO. The smallest absolute Gasteiger partial charge is 0.108 e. The molecule has 0 saturated carbocycles. The summed E-state index contributed by atoms with van der Waals surface area (Å²) in [5.41, 5.74) is 2.18. The highest BCUT2D eigenvalue weighted by Gasteiger charge is 2.26. The fraction of sp³-hybridized carbons (Fsp3) is 0.571. The van der Waals surface area contributed by atoms with Crippen LogP contribution in [0.4, 0.5) is 5.69 Å². The van der Waals surface area contributed by atoms with Crippen LogP contribution in [0.5, 0.6) is 0 Å². The van der Waals surface area contributed by atoms with Gasteiger partial charge in [-0.2, -0.15) is 0 Å². The molecule has 16 heavy (non-hydrogen) atoms. The van der Waals surface area contributed by atoms with Crippen molar-refractivity contribution in [2.45, 2.75) is 46.5 Å². The van der Waals surface area contributed by atoms with Crippen molar-refractivity contribution in [3.05, 3.63) is 34.7 Å². The molecule has 0 atom stereocenters. The Morgan fingerprint density at radius 2 is 1.50 bits per heavy atom. The summed E-state index contributed by atoms with van der Waals surface area (Å²) in [4.78, 5) is 10.3. The van der Waals surface area contributed by atoms with Gasteiger partial charge in [-0.05, 0) is 40.1 Å². The lowest BCUT2D eigenvalue weighted by atomic mass is 9.72. The summed E-state index contributed by atoms with van der Waals surface area (Å²) in [6.07, 6.45) is 1.11. The fourth-order valence-electron chi connectivity index (χ4n) is 2.40. The summed E-state index contributed by atoms with van der Waals surface area (Å²) in [5.74, 6) is 0. The highest BCUT2D eigenvalue weighted by molar-refractivity contribution is 5.40. The van der Waals surface area contributed by atoms with E-state index in [1.54, 1.807) is 12.1 Å². The highest BCUT2D eigenvalue weighted by atomic mass is 16.3. The van der Waals surface area contributed by atoms with Crippen molar-refractivity contribution in [2.24, 2.45) is 10.6 Å². The van der Waals surface area contributed by atoms with Crippen LogP contribution in [-0.4, -0.2) is 0 Å². The molecule has 0 aliphatic carbocycles. The van der Waals surface area contributed by atoms with Gasteiger partial charge >= 0.3 is 0 Å². The largest absolute Gasteiger partial charge is 0.145 e. The van der Waals surface area contributed by atoms with E-state index in [0.717, 1.165) is 6.42 Å². The van der Waals surface area contributed by atoms with E-state index >= 15 is 0 Å². The molecular weight excluding hydrogens is 198 g/mol. The Kier molecular flexibility index (Phi) is 3.51. The third-order valence-corrected chi connectivity index (χ3v) is 2.73. The molecule has 0 aliphatic rings. The van der Waals surface area contributed by atoms with Crippen LogP contribution in [0.25, 0.3) is 0 Å². The van der Waals surface area contributed by atoms with Crippen molar-refractivity contribution >= 4 is 5.69 Å². The molecule has 1 aromatic rings. The van der Waals surface area contributed by atoms with Gasteiger partial charge in [0.2, 0.25) is 0 Å². The molecule has 88 valence electrons. The van der Waals surface area contributed by atoms with Crippen LogP contribution in [0.3, 0.4) is 0 Å². The first-order valence-corrected chi connectivity index (χ1v) is 5.68. The van der Waals surface area contributed by atoms with Gasteiger partial charge in [-0.3, -0.25) is 0 Å². The Morgan fingerprint density at radius 3 is 1.88 bits per heavy atom. The Hall–Kier alpha value is -1.18. The van der Waals surface area contributed by atoms with Crippen LogP contribution >= 0.6 is 0 Å². The van der Waals surface area contributed by atoms with Crippen molar-refractivity contribution in [1.29, 1.82) is 0 Å². The number of nitroso groups, excluding NO2 is 1. The van der Waals surface area contributed by atoms with Crippen molar-refractivity contribution in [2.75, 3.05) is 0 Å². The zero-order chi connectivity index (χ0) is 12.4. The van der Waals surface area contributed by atoms with E-state index in [1.165, 1.54) is 5.56 Å². The first-order valence-electron chi connectivity index (χ1n) is 5.68. The lowest BCUT2D eigenvalue weighted by molar-refractivity contribution is 0.284. The number of hydrogen-bond acceptors (Lipinski definition) is 2. The monoisotopic (exact) mass is 219 g/mol. The minimum absolute atomic E-state index is 0.125. The number of nitrogens with zero attached hydrogens (tertiary/aromatic N) is 1. The summed E-state index contributed by atoms with van der Waals surface area (Å²) in [5, 5.41) is 2.92. The minimum atomic E-state index is 0.125. The first kappa shape index (κ1) is 12.9. The SMILES string of the molecule is CC(C)(C)CC(C)(C)c1ccc(N=O)cc1. The summed E-state index contributed by atoms with van der Waals surface area (Å²) in [6.45, 7) is 11.2. The molecule has 1 rings (SSSR count). The Morgan fingerprint density at radius 1 is 1.00 bits per heavy atom. The Labute approximate surface area is 98.0 Å². The van der Waals surface area contributed by atoms with E-state index < -0.39 is 0 Å². The molecule has 0 aliphatic heterocycles. The van der Waals surface area contributed by atoms with E-state index in [2.05, 4.69) is 39.8 Å². The summed E-state index contributed by atoms with van der Waals surface area (Å²) < 4.78 is 0. The molecule has 0 bridgehead atoms. The van der Waals surface area contributed by atoms with Crippen LogP contribution in [-0.2, 0) is 5.41 Å². The Bertz CT molecular complexity index is 357. The predicted molar refractivity (Wildman–Crippen MR) is 69.0 cm³/mol. The van der Waals surface area contributed by atoms with Crippen molar-refractivity contribution in [3.63, 3.8) is 0 Å². The van der Waals surface area contributed by atoms with Gasteiger partial charge in [-0.1, -0.05) is 46.8 Å². The van der Waals surface area contributed by atoms with Gasteiger partial charge in [0.25, 0.3) is 0 Å². The number of benzene rings is 1. The lowest BCUT2D eigenvalue weighted by Gasteiger charge is -2.33. The van der Waals surface area contributed by atoms with E-state index in [-0.39, 0.29) is 5.41 Å². The van der Waals surface area contributed by atoms with Crippen LogP contribution in [0.15, 0.2) is 29.4 Å². The van der Waals surface area contributed by atoms with Gasteiger partial charge in [0, 0.05) is 0 Å². The van der Waals surface area contributed by atoms with Gasteiger partial charge in [-0.25, -0.2) is 0 Å². The molecule has 0 spiro atoms. The number of rotatable bonds is 3. The molecule has 0 fully saturated rings. The molecule has 0 N–H and O–H groups in total. The predicted octanol–water partition coefficient (Wildman–Crippen LogP) is 4.80. The molecule has 0 amide bonds. The maximum absolute atomic E-state index is 10.3. The quantitative estimate of drug-likeness (QED) is 0.671. The lowest BCUT2D eigenvalue weighted by Crippen LogP contribution is -2.24. The standard InChI is InChI=1S/C14H21NO/c1-13(2,3)10-14(4,5)11-6-8-12(15-16)9-7-11/h6-9H,10H2,1-5H3. The maximum Gasteiger partial charge on any atom is 0.108 e. The van der Waals surface area contributed by atoms with Crippen molar-refractivity contribution < 1.29 is 0 Å². The molecule has 2 nitrogen and oxygen atoms in total. The number of hydrogen-bond donors (Lipinski definition) is 0. The topological polar surface area (TPSA) is 29.4 Å². The van der Waals surface area contributed by atoms with Crippen LogP contribution in [0.1, 0.15) is 46.6 Å².